The molecule has 0 spiro atoms. The number of benzene rings is 1. The van der Waals surface area contributed by atoms with Crippen molar-refractivity contribution in [2.24, 2.45) is 17.6 Å². The van der Waals surface area contributed by atoms with Gasteiger partial charge < -0.3 is 11.1 Å². The lowest BCUT2D eigenvalue weighted by Crippen LogP contribution is -2.39. The van der Waals surface area contributed by atoms with Crippen LogP contribution in [-0.2, 0) is 0 Å². The van der Waals surface area contributed by atoms with Crippen LogP contribution < -0.4 is 16.4 Å². The first-order chi connectivity index (χ1) is 16.3. The zero-order valence-electron chi connectivity index (χ0n) is 18.5. The van der Waals surface area contributed by atoms with Gasteiger partial charge in [-0.3, -0.25) is 9.78 Å². The van der Waals surface area contributed by atoms with Crippen molar-refractivity contribution >= 4 is 26.1 Å². The highest BCUT2D eigenvalue weighted by Gasteiger charge is 2.35. The third-order valence-corrected chi connectivity index (χ3v) is 6.82. The Labute approximate surface area is 198 Å². The molecule has 0 aliphatic heterocycles. The minimum atomic E-state index is -0.732. The number of aromatic nitrogens is 2. The van der Waals surface area contributed by atoms with E-state index in [1.54, 1.807) is 18.5 Å². The number of carbonyl (C=O) groups is 1. The highest BCUT2D eigenvalue weighted by atomic mass is 31.0. The Morgan fingerprint density at radius 1 is 1.21 bits per heavy atom. The SMILES string of the molecule is CC1CC(c2ccncc2NC(=O)c2ccc(F)c(-c3c(F)cccc3P)n2)CC(N)C1C#N. The number of amides is 1. The van der Waals surface area contributed by atoms with E-state index in [1.807, 2.05) is 13.0 Å². The van der Waals surface area contributed by atoms with Crippen molar-refractivity contribution in [2.45, 2.75) is 31.7 Å². The number of carbonyl (C=O) groups excluding carboxylic acids is 1. The predicted molar refractivity (Wildman–Crippen MR) is 129 cm³/mol. The first-order valence-electron chi connectivity index (χ1n) is 10.9. The molecular formula is C25H24F2N5OP. The van der Waals surface area contributed by atoms with Crippen LogP contribution >= 0.6 is 9.24 Å². The topological polar surface area (TPSA) is 105 Å². The molecule has 34 heavy (non-hydrogen) atoms. The second-order valence-corrected chi connectivity index (χ2v) is 9.23. The van der Waals surface area contributed by atoms with Crippen molar-refractivity contribution in [3.05, 3.63) is 71.7 Å². The van der Waals surface area contributed by atoms with Gasteiger partial charge >= 0.3 is 0 Å². The average Bonchev–Trinajstić information content (AvgIpc) is 2.80. The summed E-state index contributed by atoms with van der Waals surface area (Å²) in [5.74, 6) is -1.99. The molecule has 5 atom stereocenters. The summed E-state index contributed by atoms with van der Waals surface area (Å²) in [6.07, 6.45) is 4.55. The van der Waals surface area contributed by atoms with Crippen LogP contribution in [0.25, 0.3) is 11.3 Å². The molecular weight excluding hydrogens is 455 g/mol. The van der Waals surface area contributed by atoms with Gasteiger partial charge in [0, 0.05) is 17.8 Å². The quantitative estimate of drug-likeness (QED) is 0.547. The number of hydrogen-bond donors (Lipinski definition) is 2. The molecule has 4 rings (SSSR count). The van der Waals surface area contributed by atoms with Gasteiger partial charge in [0.25, 0.3) is 5.91 Å². The third kappa shape index (κ3) is 4.68. The number of nitrogens with zero attached hydrogens (tertiary/aromatic N) is 3. The standard InChI is InChI=1S/C25H24F2N5OP/c1-13-9-14(10-19(29)16(13)11-28)15-7-8-30-12-21(15)32-25(33)20-6-5-18(27)24(31-20)23-17(26)3-2-4-22(23)34/h2-8,12-14,16,19H,9-10,29,34H2,1H3,(H,32,33). The minimum Gasteiger partial charge on any atom is -0.326 e. The number of hydrogen-bond acceptors (Lipinski definition) is 5. The van der Waals surface area contributed by atoms with Gasteiger partial charge in [0.1, 0.15) is 23.0 Å². The molecule has 5 unspecified atom stereocenters. The number of pyridine rings is 2. The summed E-state index contributed by atoms with van der Waals surface area (Å²) in [4.78, 5) is 21.3. The van der Waals surface area contributed by atoms with Crippen molar-refractivity contribution in [3.63, 3.8) is 0 Å². The Morgan fingerprint density at radius 2 is 2.00 bits per heavy atom. The summed E-state index contributed by atoms with van der Waals surface area (Å²) in [5.41, 5.74) is 7.31. The predicted octanol–water partition coefficient (Wildman–Crippen LogP) is 4.16. The van der Waals surface area contributed by atoms with E-state index in [-0.39, 0.29) is 40.7 Å². The van der Waals surface area contributed by atoms with Crippen LogP contribution in [0.4, 0.5) is 14.5 Å². The summed E-state index contributed by atoms with van der Waals surface area (Å²) < 4.78 is 28.9. The molecule has 0 radical (unpaired) electrons. The minimum absolute atomic E-state index is 0.0149. The van der Waals surface area contributed by atoms with Gasteiger partial charge in [-0.25, -0.2) is 13.8 Å². The second-order valence-electron chi connectivity index (χ2n) is 8.61. The summed E-state index contributed by atoms with van der Waals surface area (Å²) in [6, 6.07) is 10.6. The number of nitrogens with two attached hydrogens (primary N) is 1. The smallest absolute Gasteiger partial charge is 0.274 e. The van der Waals surface area contributed by atoms with Crippen LogP contribution in [0.2, 0.25) is 0 Å². The first kappa shape index (κ1) is 23.9. The third-order valence-electron chi connectivity index (χ3n) is 6.34. The maximum atomic E-state index is 14.5. The van der Waals surface area contributed by atoms with Crippen LogP contribution in [0.15, 0.2) is 48.8 Å². The molecule has 1 saturated carbocycles. The maximum absolute atomic E-state index is 14.5. The van der Waals surface area contributed by atoms with Crippen molar-refractivity contribution in [1.82, 2.24) is 9.97 Å². The fourth-order valence-electron chi connectivity index (χ4n) is 4.65. The van der Waals surface area contributed by atoms with Gasteiger partial charge in [-0.1, -0.05) is 19.1 Å². The molecule has 0 saturated heterocycles. The van der Waals surface area contributed by atoms with Gasteiger partial charge in [0.15, 0.2) is 0 Å². The lowest BCUT2D eigenvalue weighted by molar-refractivity contribution is 0.102. The number of anilines is 1. The van der Waals surface area contributed by atoms with Crippen molar-refractivity contribution in [3.8, 4) is 17.3 Å². The number of nitriles is 1. The highest BCUT2D eigenvalue weighted by Crippen LogP contribution is 2.41. The molecule has 3 aromatic rings. The van der Waals surface area contributed by atoms with Crippen molar-refractivity contribution in [1.29, 1.82) is 5.26 Å². The molecule has 1 fully saturated rings. The summed E-state index contributed by atoms with van der Waals surface area (Å²) in [6.45, 7) is 2.01. The Morgan fingerprint density at radius 3 is 2.71 bits per heavy atom. The summed E-state index contributed by atoms with van der Waals surface area (Å²) in [5, 5.41) is 12.6. The fourth-order valence-corrected chi connectivity index (χ4v) is 5.04. The molecule has 2 aromatic heterocycles. The second kappa shape index (κ2) is 9.92. The number of nitrogens with one attached hydrogen (secondary N) is 1. The van der Waals surface area contributed by atoms with Gasteiger partial charge in [0.2, 0.25) is 0 Å². The lowest BCUT2D eigenvalue weighted by atomic mass is 9.70. The molecule has 1 amide bonds. The average molecular weight is 479 g/mol. The highest BCUT2D eigenvalue weighted by molar-refractivity contribution is 7.28. The maximum Gasteiger partial charge on any atom is 0.274 e. The van der Waals surface area contributed by atoms with Crippen molar-refractivity contribution in [2.75, 3.05) is 5.32 Å². The zero-order valence-corrected chi connectivity index (χ0v) is 19.7. The van der Waals surface area contributed by atoms with Crippen LogP contribution in [0.1, 0.15) is 41.7 Å². The van der Waals surface area contributed by atoms with E-state index in [9.17, 15) is 18.8 Å². The van der Waals surface area contributed by atoms with Crippen LogP contribution in [0.3, 0.4) is 0 Å². The Bertz CT molecular complexity index is 1250. The van der Waals surface area contributed by atoms with Gasteiger partial charge in [-0.05, 0) is 59.8 Å². The molecule has 2 heterocycles. The van der Waals surface area contributed by atoms with Crippen LogP contribution in [-0.4, -0.2) is 21.9 Å². The fraction of sp³-hybridized carbons (Fsp3) is 0.280. The Balaban J connectivity index is 1.62. The van der Waals surface area contributed by atoms with E-state index < -0.39 is 17.5 Å². The molecule has 1 aliphatic carbocycles. The van der Waals surface area contributed by atoms with Crippen molar-refractivity contribution < 1.29 is 13.6 Å². The molecule has 1 aliphatic rings. The summed E-state index contributed by atoms with van der Waals surface area (Å²) in [7, 11) is 2.35. The van der Waals surface area contributed by atoms with E-state index in [0.29, 0.717) is 17.4 Å². The number of halogens is 2. The van der Waals surface area contributed by atoms with E-state index in [1.165, 1.54) is 18.2 Å². The summed E-state index contributed by atoms with van der Waals surface area (Å²) >= 11 is 0. The molecule has 9 heteroatoms. The van der Waals surface area contributed by atoms with E-state index in [4.69, 9.17) is 5.73 Å². The van der Waals surface area contributed by atoms with Gasteiger partial charge in [-0.2, -0.15) is 5.26 Å². The Hall–Kier alpha value is -3.27. The molecule has 0 bridgehead atoms. The van der Waals surface area contributed by atoms with Gasteiger partial charge in [0.05, 0.1) is 23.9 Å². The Kier molecular flexibility index (Phi) is 6.97. The molecule has 1 aromatic carbocycles. The zero-order chi connectivity index (χ0) is 24.4. The molecule has 6 nitrogen and oxygen atoms in total. The van der Waals surface area contributed by atoms with E-state index >= 15 is 0 Å². The normalized spacial score (nSPS) is 22.1. The van der Waals surface area contributed by atoms with Gasteiger partial charge in [-0.15, -0.1) is 9.24 Å². The van der Waals surface area contributed by atoms with E-state index in [0.717, 1.165) is 18.1 Å². The van der Waals surface area contributed by atoms with Crippen LogP contribution in [0, 0.1) is 34.8 Å². The largest absolute Gasteiger partial charge is 0.326 e. The van der Waals surface area contributed by atoms with E-state index in [2.05, 4.69) is 30.6 Å². The monoisotopic (exact) mass is 479 g/mol. The molecule has 174 valence electrons. The first-order valence-corrected chi connectivity index (χ1v) is 11.5. The lowest BCUT2D eigenvalue weighted by Gasteiger charge is -2.36. The molecule has 3 N–H and O–H groups in total. The number of rotatable bonds is 4. The van der Waals surface area contributed by atoms with Crippen LogP contribution in [0.5, 0.6) is 0 Å².